The Balaban J connectivity index is 1.87. The highest BCUT2D eigenvalue weighted by molar-refractivity contribution is 5.40. The van der Waals surface area contributed by atoms with E-state index in [1.165, 1.54) is 5.56 Å². The standard InChI is InChI=1S/C17H20O3/c1-19-16-10-9-15(13-18)17(12-16)20-11-5-8-14-6-3-2-4-7-14/h2-4,6-7,9-10,12,18H,5,8,11,13H2,1H3. The van der Waals surface area contributed by atoms with E-state index in [1.54, 1.807) is 7.11 Å². The molecule has 3 heteroatoms. The molecule has 2 rings (SSSR count). The first-order chi connectivity index (χ1) is 9.83. The Morgan fingerprint density at radius 1 is 1.05 bits per heavy atom. The molecule has 20 heavy (non-hydrogen) atoms. The van der Waals surface area contributed by atoms with E-state index in [0.717, 1.165) is 24.2 Å². The summed E-state index contributed by atoms with van der Waals surface area (Å²) in [5, 5.41) is 9.30. The Kier molecular flexibility index (Phi) is 5.44. The van der Waals surface area contributed by atoms with E-state index in [9.17, 15) is 5.11 Å². The van der Waals surface area contributed by atoms with Crippen molar-refractivity contribution in [3.8, 4) is 11.5 Å². The lowest BCUT2D eigenvalue weighted by atomic mass is 10.1. The number of aryl methyl sites for hydroxylation is 1. The van der Waals surface area contributed by atoms with Crippen LogP contribution in [0.1, 0.15) is 17.5 Å². The van der Waals surface area contributed by atoms with E-state index in [1.807, 2.05) is 36.4 Å². The van der Waals surface area contributed by atoms with Gasteiger partial charge >= 0.3 is 0 Å². The van der Waals surface area contributed by atoms with E-state index in [-0.39, 0.29) is 6.61 Å². The van der Waals surface area contributed by atoms with Crippen molar-refractivity contribution < 1.29 is 14.6 Å². The van der Waals surface area contributed by atoms with Crippen LogP contribution in [0.25, 0.3) is 0 Å². The van der Waals surface area contributed by atoms with Gasteiger partial charge in [0.2, 0.25) is 0 Å². The van der Waals surface area contributed by atoms with Gasteiger partial charge in [-0.1, -0.05) is 30.3 Å². The molecule has 0 radical (unpaired) electrons. The molecule has 3 nitrogen and oxygen atoms in total. The van der Waals surface area contributed by atoms with Gasteiger partial charge in [0.05, 0.1) is 20.3 Å². The Bertz CT molecular complexity index is 523. The lowest BCUT2D eigenvalue weighted by Crippen LogP contribution is -2.02. The number of ether oxygens (including phenoxy) is 2. The summed E-state index contributed by atoms with van der Waals surface area (Å²) in [6, 6.07) is 15.8. The van der Waals surface area contributed by atoms with Gasteiger partial charge in [0.1, 0.15) is 11.5 Å². The first-order valence-corrected chi connectivity index (χ1v) is 6.78. The maximum absolute atomic E-state index is 9.30. The summed E-state index contributed by atoms with van der Waals surface area (Å²) in [6.07, 6.45) is 1.92. The van der Waals surface area contributed by atoms with Gasteiger partial charge in [-0.3, -0.25) is 0 Å². The minimum absolute atomic E-state index is 0.0297. The van der Waals surface area contributed by atoms with E-state index < -0.39 is 0 Å². The zero-order chi connectivity index (χ0) is 14.2. The van der Waals surface area contributed by atoms with Crippen LogP contribution in [0, 0.1) is 0 Å². The van der Waals surface area contributed by atoms with Crippen molar-refractivity contribution in [3.05, 3.63) is 59.7 Å². The van der Waals surface area contributed by atoms with Gasteiger partial charge in [-0.15, -0.1) is 0 Å². The van der Waals surface area contributed by atoms with Gasteiger partial charge in [0, 0.05) is 11.6 Å². The predicted octanol–water partition coefficient (Wildman–Crippen LogP) is 3.20. The first kappa shape index (κ1) is 14.4. The molecular weight excluding hydrogens is 252 g/mol. The average Bonchev–Trinajstić information content (AvgIpc) is 2.52. The maximum Gasteiger partial charge on any atom is 0.128 e. The summed E-state index contributed by atoms with van der Waals surface area (Å²) in [5.74, 6) is 1.43. The summed E-state index contributed by atoms with van der Waals surface area (Å²) in [7, 11) is 1.62. The van der Waals surface area contributed by atoms with Crippen molar-refractivity contribution in [2.24, 2.45) is 0 Å². The summed E-state index contributed by atoms with van der Waals surface area (Å²) in [6.45, 7) is 0.590. The van der Waals surface area contributed by atoms with Gasteiger partial charge in [-0.25, -0.2) is 0 Å². The first-order valence-electron chi connectivity index (χ1n) is 6.78. The van der Waals surface area contributed by atoms with Gasteiger partial charge < -0.3 is 14.6 Å². The van der Waals surface area contributed by atoms with Gasteiger partial charge in [0.15, 0.2) is 0 Å². The molecule has 0 aliphatic rings. The molecule has 106 valence electrons. The largest absolute Gasteiger partial charge is 0.497 e. The minimum Gasteiger partial charge on any atom is -0.497 e. The van der Waals surface area contributed by atoms with Crippen LogP contribution in [0.15, 0.2) is 48.5 Å². The topological polar surface area (TPSA) is 38.7 Å². The molecule has 2 aromatic carbocycles. The van der Waals surface area contributed by atoms with E-state index in [2.05, 4.69) is 12.1 Å². The van der Waals surface area contributed by atoms with Crippen LogP contribution in [0.4, 0.5) is 0 Å². The molecule has 0 saturated carbocycles. The highest BCUT2D eigenvalue weighted by Crippen LogP contribution is 2.25. The van der Waals surface area contributed by atoms with Crippen molar-refractivity contribution in [1.82, 2.24) is 0 Å². The quantitative estimate of drug-likeness (QED) is 0.787. The lowest BCUT2D eigenvalue weighted by Gasteiger charge is -2.11. The predicted molar refractivity (Wildman–Crippen MR) is 79.2 cm³/mol. The number of benzene rings is 2. The Morgan fingerprint density at radius 3 is 2.55 bits per heavy atom. The van der Waals surface area contributed by atoms with Crippen LogP contribution < -0.4 is 9.47 Å². The monoisotopic (exact) mass is 272 g/mol. The number of hydrogen-bond acceptors (Lipinski definition) is 3. The Morgan fingerprint density at radius 2 is 1.85 bits per heavy atom. The summed E-state index contributed by atoms with van der Waals surface area (Å²) in [5.41, 5.74) is 2.09. The Labute approximate surface area is 119 Å². The molecule has 0 atom stereocenters. The van der Waals surface area contributed by atoms with Crippen molar-refractivity contribution >= 4 is 0 Å². The third kappa shape index (κ3) is 4.00. The fraction of sp³-hybridized carbons (Fsp3) is 0.294. The molecule has 2 aromatic rings. The fourth-order valence-corrected chi connectivity index (χ4v) is 2.03. The molecular formula is C17H20O3. The Hall–Kier alpha value is -2.00. The molecule has 0 aromatic heterocycles. The SMILES string of the molecule is COc1ccc(CO)c(OCCCc2ccccc2)c1. The molecule has 1 N–H and O–H groups in total. The van der Waals surface area contributed by atoms with Crippen molar-refractivity contribution in [3.63, 3.8) is 0 Å². The van der Waals surface area contributed by atoms with E-state index >= 15 is 0 Å². The second kappa shape index (κ2) is 7.56. The van der Waals surface area contributed by atoms with Crippen LogP contribution in [0.5, 0.6) is 11.5 Å². The molecule has 0 unspecified atom stereocenters. The fourth-order valence-electron chi connectivity index (χ4n) is 2.03. The number of aliphatic hydroxyl groups excluding tert-OH is 1. The number of aliphatic hydroxyl groups is 1. The van der Waals surface area contributed by atoms with E-state index in [0.29, 0.717) is 12.4 Å². The molecule has 0 amide bonds. The number of methoxy groups -OCH3 is 1. The van der Waals surface area contributed by atoms with Gasteiger partial charge in [0.25, 0.3) is 0 Å². The van der Waals surface area contributed by atoms with Crippen molar-refractivity contribution in [1.29, 1.82) is 0 Å². The number of rotatable bonds is 7. The normalized spacial score (nSPS) is 10.3. The lowest BCUT2D eigenvalue weighted by molar-refractivity contribution is 0.260. The van der Waals surface area contributed by atoms with Crippen molar-refractivity contribution in [2.45, 2.75) is 19.4 Å². The summed E-state index contributed by atoms with van der Waals surface area (Å²) < 4.78 is 10.9. The molecule has 0 bridgehead atoms. The smallest absolute Gasteiger partial charge is 0.128 e. The molecule has 0 fully saturated rings. The van der Waals surface area contributed by atoms with Gasteiger partial charge in [-0.05, 0) is 30.5 Å². The summed E-state index contributed by atoms with van der Waals surface area (Å²) in [4.78, 5) is 0. The maximum atomic E-state index is 9.30. The van der Waals surface area contributed by atoms with Crippen LogP contribution >= 0.6 is 0 Å². The van der Waals surface area contributed by atoms with E-state index in [4.69, 9.17) is 9.47 Å². The molecule has 0 heterocycles. The molecule has 0 spiro atoms. The molecule has 0 aliphatic carbocycles. The third-order valence-corrected chi connectivity index (χ3v) is 3.15. The van der Waals surface area contributed by atoms with Crippen LogP contribution in [-0.4, -0.2) is 18.8 Å². The molecule has 0 aliphatic heterocycles. The zero-order valence-electron chi connectivity index (χ0n) is 11.7. The highest BCUT2D eigenvalue weighted by Gasteiger charge is 2.05. The highest BCUT2D eigenvalue weighted by atomic mass is 16.5. The number of hydrogen-bond donors (Lipinski definition) is 1. The summed E-state index contributed by atoms with van der Waals surface area (Å²) >= 11 is 0. The third-order valence-electron chi connectivity index (χ3n) is 3.15. The van der Waals surface area contributed by atoms with Crippen LogP contribution in [-0.2, 0) is 13.0 Å². The average molecular weight is 272 g/mol. The second-order valence-corrected chi connectivity index (χ2v) is 4.57. The second-order valence-electron chi connectivity index (χ2n) is 4.57. The minimum atomic E-state index is -0.0297. The van der Waals surface area contributed by atoms with Crippen LogP contribution in [0.3, 0.4) is 0 Å². The van der Waals surface area contributed by atoms with Crippen molar-refractivity contribution in [2.75, 3.05) is 13.7 Å². The van der Waals surface area contributed by atoms with Crippen LogP contribution in [0.2, 0.25) is 0 Å². The molecule has 0 saturated heterocycles. The zero-order valence-corrected chi connectivity index (χ0v) is 11.7. The van der Waals surface area contributed by atoms with Gasteiger partial charge in [-0.2, -0.15) is 0 Å².